The Morgan fingerprint density at radius 2 is 1.88 bits per heavy atom. The highest BCUT2D eigenvalue weighted by Crippen LogP contribution is 2.27. The Bertz CT molecular complexity index is 1010. The fourth-order valence-electron chi connectivity index (χ4n) is 4.21. The van der Waals surface area contributed by atoms with E-state index in [1.165, 1.54) is 23.3 Å². The summed E-state index contributed by atoms with van der Waals surface area (Å²) >= 11 is 0. The number of rotatable bonds is 4. The number of allylic oxidation sites excluding steroid dienone is 1. The topological polar surface area (TPSA) is 70.6 Å². The van der Waals surface area contributed by atoms with Crippen molar-refractivity contribution in [2.24, 2.45) is 0 Å². The van der Waals surface area contributed by atoms with Crippen LogP contribution in [0.4, 0.5) is 21.8 Å². The van der Waals surface area contributed by atoms with Gasteiger partial charge in [-0.05, 0) is 57.9 Å². The number of carbonyl (C=O) groups excluding carboxylic acids is 1. The van der Waals surface area contributed by atoms with Crippen molar-refractivity contribution >= 4 is 23.4 Å². The van der Waals surface area contributed by atoms with Crippen LogP contribution in [-0.4, -0.2) is 54.8 Å². The SMILES string of the molecule is CC(C)=C1CCN(c2nc(F)ccc2C(=O)Nc2cccc(N3CCO[C@H](C)C3)n2)CC1. The van der Waals surface area contributed by atoms with Crippen LogP contribution < -0.4 is 15.1 Å². The molecule has 0 unspecified atom stereocenters. The van der Waals surface area contributed by atoms with Crippen molar-refractivity contribution in [1.29, 1.82) is 0 Å². The molecule has 1 atom stereocenters. The Morgan fingerprint density at radius 3 is 2.59 bits per heavy atom. The summed E-state index contributed by atoms with van der Waals surface area (Å²) in [5.74, 6) is 0.688. The molecular formula is C24H30FN5O2. The lowest BCUT2D eigenvalue weighted by atomic mass is 9.99. The molecule has 0 aromatic carbocycles. The van der Waals surface area contributed by atoms with Gasteiger partial charge in [-0.1, -0.05) is 17.2 Å². The van der Waals surface area contributed by atoms with Gasteiger partial charge in [-0.15, -0.1) is 0 Å². The maximum absolute atomic E-state index is 14.0. The van der Waals surface area contributed by atoms with Gasteiger partial charge in [0.2, 0.25) is 5.95 Å². The molecule has 1 amide bonds. The minimum Gasteiger partial charge on any atom is -0.375 e. The summed E-state index contributed by atoms with van der Waals surface area (Å²) < 4.78 is 19.6. The lowest BCUT2D eigenvalue weighted by Crippen LogP contribution is -2.41. The van der Waals surface area contributed by atoms with Crippen LogP contribution in [0.5, 0.6) is 0 Å². The van der Waals surface area contributed by atoms with Crippen LogP contribution in [0.15, 0.2) is 41.5 Å². The Labute approximate surface area is 188 Å². The highest BCUT2D eigenvalue weighted by Gasteiger charge is 2.23. The van der Waals surface area contributed by atoms with E-state index in [1.54, 1.807) is 6.07 Å². The molecule has 32 heavy (non-hydrogen) atoms. The largest absolute Gasteiger partial charge is 0.375 e. The molecule has 4 heterocycles. The summed E-state index contributed by atoms with van der Waals surface area (Å²) in [6.07, 6.45) is 1.92. The molecule has 2 aromatic rings. The number of nitrogens with zero attached hydrogens (tertiary/aromatic N) is 4. The van der Waals surface area contributed by atoms with Crippen molar-refractivity contribution < 1.29 is 13.9 Å². The highest BCUT2D eigenvalue weighted by molar-refractivity contribution is 6.07. The minimum absolute atomic E-state index is 0.132. The maximum atomic E-state index is 14.0. The van der Waals surface area contributed by atoms with Crippen LogP contribution in [0.1, 0.15) is 44.0 Å². The van der Waals surface area contributed by atoms with Crippen LogP contribution in [0.3, 0.4) is 0 Å². The Hall–Kier alpha value is -3.00. The zero-order valence-electron chi connectivity index (χ0n) is 18.9. The zero-order chi connectivity index (χ0) is 22.7. The molecule has 0 radical (unpaired) electrons. The average Bonchev–Trinajstić information content (AvgIpc) is 2.79. The van der Waals surface area contributed by atoms with Crippen LogP contribution in [-0.2, 0) is 4.74 Å². The van der Waals surface area contributed by atoms with Gasteiger partial charge in [0.25, 0.3) is 5.91 Å². The molecule has 2 aromatic heterocycles. The molecule has 2 saturated heterocycles. The van der Waals surface area contributed by atoms with E-state index in [-0.39, 0.29) is 12.0 Å². The first-order valence-corrected chi connectivity index (χ1v) is 11.1. The number of morpholine rings is 1. The number of aromatic nitrogens is 2. The number of nitrogens with one attached hydrogen (secondary N) is 1. The average molecular weight is 440 g/mol. The smallest absolute Gasteiger partial charge is 0.260 e. The fraction of sp³-hybridized carbons (Fsp3) is 0.458. The van der Waals surface area contributed by atoms with Crippen LogP contribution >= 0.6 is 0 Å². The number of halogens is 1. The second kappa shape index (κ2) is 9.65. The van der Waals surface area contributed by atoms with Crippen molar-refractivity contribution in [1.82, 2.24) is 9.97 Å². The molecule has 0 saturated carbocycles. The first-order chi connectivity index (χ1) is 15.4. The highest BCUT2D eigenvalue weighted by atomic mass is 19.1. The number of piperidine rings is 1. The van der Waals surface area contributed by atoms with Gasteiger partial charge in [0.15, 0.2) is 0 Å². The second-order valence-corrected chi connectivity index (χ2v) is 8.56. The van der Waals surface area contributed by atoms with Gasteiger partial charge in [0, 0.05) is 26.2 Å². The summed E-state index contributed by atoms with van der Waals surface area (Å²) in [5, 5.41) is 2.87. The van der Waals surface area contributed by atoms with E-state index in [2.05, 4.69) is 34.0 Å². The standard InChI is InChI=1S/C24H30FN5O2/c1-16(2)18-9-11-29(12-10-18)23-19(7-8-20(25)26-23)24(31)28-21-5-4-6-22(27-21)30-13-14-32-17(3)15-30/h4-8,17H,9-15H2,1-3H3,(H,27,28,31)/t17-/m1/s1. The summed E-state index contributed by atoms with van der Waals surface area (Å²) in [4.78, 5) is 25.9. The van der Waals surface area contributed by atoms with Gasteiger partial charge in [-0.25, -0.2) is 9.97 Å². The minimum atomic E-state index is -0.592. The maximum Gasteiger partial charge on any atom is 0.260 e. The van der Waals surface area contributed by atoms with Crippen LogP contribution in [0, 0.1) is 5.95 Å². The quantitative estimate of drug-likeness (QED) is 0.573. The molecule has 2 aliphatic heterocycles. The summed E-state index contributed by atoms with van der Waals surface area (Å²) in [6, 6.07) is 8.27. The molecule has 1 N–H and O–H groups in total. The van der Waals surface area contributed by atoms with Gasteiger partial charge in [-0.2, -0.15) is 4.39 Å². The van der Waals surface area contributed by atoms with E-state index in [0.29, 0.717) is 36.9 Å². The predicted molar refractivity (Wildman–Crippen MR) is 124 cm³/mol. The molecule has 2 aliphatic rings. The first-order valence-electron chi connectivity index (χ1n) is 11.1. The van der Waals surface area contributed by atoms with Crippen LogP contribution in [0.25, 0.3) is 0 Å². The molecule has 0 spiro atoms. The summed E-state index contributed by atoms with van der Waals surface area (Å²) in [5.41, 5.74) is 3.09. The van der Waals surface area contributed by atoms with E-state index in [9.17, 15) is 9.18 Å². The van der Waals surface area contributed by atoms with Crippen molar-refractivity contribution in [3.8, 4) is 0 Å². The number of pyridine rings is 2. The van der Waals surface area contributed by atoms with Crippen molar-refractivity contribution in [2.75, 3.05) is 47.9 Å². The molecule has 0 bridgehead atoms. The summed E-state index contributed by atoms with van der Waals surface area (Å²) in [6.45, 7) is 9.82. The summed E-state index contributed by atoms with van der Waals surface area (Å²) in [7, 11) is 0. The van der Waals surface area contributed by atoms with E-state index in [1.807, 2.05) is 24.0 Å². The fourth-order valence-corrected chi connectivity index (χ4v) is 4.21. The number of carbonyl (C=O) groups is 1. The normalized spacial score (nSPS) is 19.1. The lowest BCUT2D eigenvalue weighted by molar-refractivity contribution is 0.0529. The third kappa shape index (κ3) is 5.07. The molecule has 170 valence electrons. The lowest BCUT2D eigenvalue weighted by Gasteiger charge is -2.32. The number of hydrogen-bond donors (Lipinski definition) is 1. The van der Waals surface area contributed by atoms with Gasteiger partial charge < -0.3 is 19.9 Å². The molecule has 4 rings (SSSR count). The van der Waals surface area contributed by atoms with Gasteiger partial charge in [0.1, 0.15) is 17.5 Å². The molecular weight excluding hydrogens is 409 g/mol. The van der Waals surface area contributed by atoms with E-state index in [0.717, 1.165) is 31.7 Å². The van der Waals surface area contributed by atoms with E-state index >= 15 is 0 Å². The van der Waals surface area contributed by atoms with E-state index < -0.39 is 5.95 Å². The Morgan fingerprint density at radius 1 is 1.09 bits per heavy atom. The van der Waals surface area contributed by atoms with E-state index in [4.69, 9.17) is 4.74 Å². The number of anilines is 3. The number of hydrogen-bond acceptors (Lipinski definition) is 6. The monoisotopic (exact) mass is 439 g/mol. The molecule has 8 heteroatoms. The van der Waals surface area contributed by atoms with Crippen molar-refractivity contribution in [2.45, 2.75) is 39.7 Å². The molecule has 0 aliphatic carbocycles. The third-order valence-corrected chi connectivity index (χ3v) is 6.00. The van der Waals surface area contributed by atoms with Gasteiger partial charge >= 0.3 is 0 Å². The van der Waals surface area contributed by atoms with Crippen LogP contribution in [0.2, 0.25) is 0 Å². The van der Waals surface area contributed by atoms with Gasteiger partial charge in [0.05, 0.1) is 18.3 Å². The Balaban J connectivity index is 1.52. The van der Waals surface area contributed by atoms with Crippen molar-refractivity contribution in [3.05, 3.63) is 53.0 Å². The van der Waals surface area contributed by atoms with Crippen molar-refractivity contribution in [3.63, 3.8) is 0 Å². The zero-order valence-corrected chi connectivity index (χ0v) is 18.9. The first kappa shape index (κ1) is 22.2. The Kier molecular flexibility index (Phi) is 6.69. The van der Waals surface area contributed by atoms with Gasteiger partial charge in [-0.3, -0.25) is 4.79 Å². The second-order valence-electron chi connectivity index (χ2n) is 8.56. The number of amides is 1. The number of ether oxygens (including phenoxy) is 1. The predicted octanol–water partition coefficient (Wildman–Crippen LogP) is 4.03. The third-order valence-electron chi connectivity index (χ3n) is 6.00. The molecule has 7 nitrogen and oxygen atoms in total. The molecule has 2 fully saturated rings.